The molecule has 2 nitrogen and oxygen atoms in total. The predicted molar refractivity (Wildman–Crippen MR) is 72.1 cm³/mol. The Morgan fingerprint density at radius 3 is 2.67 bits per heavy atom. The molecule has 0 amide bonds. The van der Waals surface area contributed by atoms with E-state index >= 15 is 0 Å². The summed E-state index contributed by atoms with van der Waals surface area (Å²) < 4.78 is 13.2. The Labute approximate surface area is 108 Å². The summed E-state index contributed by atoms with van der Waals surface area (Å²) in [6, 6.07) is 4.69. The first kappa shape index (κ1) is 13.3. The Bertz CT molecular complexity index is 425. The summed E-state index contributed by atoms with van der Waals surface area (Å²) in [6.07, 6.45) is 1.16. The fourth-order valence-electron chi connectivity index (χ4n) is 2.68. The van der Waals surface area contributed by atoms with Crippen LogP contribution >= 0.6 is 0 Å². The Morgan fingerprint density at radius 1 is 1.39 bits per heavy atom. The average molecular weight is 251 g/mol. The monoisotopic (exact) mass is 251 g/mol. The number of benzene rings is 1. The minimum Gasteiger partial charge on any atom is -0.392 e. The van der Waals surface area contributed by atoms with Crippen LogP contribution in [-0.2, 0) is 6.61 Å². The van der Waals surface area contributed by atoms with Crippen LogP contribution in [0.1, 0.15) is 32.8 Å². The molecule has 1 N–H and O–H groups in total. The smallest absolute Gasteiger partial charge is 0.123 e. The number of aliphatic hydroxyl groups is 1. The van der Waals surface area contributed by atoms with Gasteiger partial charge in [-0.15, -0.1) is 0 Å². The molecule has 100 valence electrons. The van der Waals surface area contributed by atoms with Crippen LogP contribution in [0.15, 0.2) is 18.2 Å². The van der Waals surface area contributed by atoms with Crippen LogP contribution in [0, 0.1) is 17.2 Å². The Hall–Kier alpha value is -1.09. The van der Waals surface area contributed by atoms with Gasteiger partial charge in [0.2, 0.25) is 0 Å². The molecule has 1 fully saturated rings. The normalized spacial score (nSPS) is 20.5. The van der Waals surface area contributed by atoms with E-state index in [-0.39, 0.29) is 12.4 Å². The predicted octanol–water partition coefficient (Wildman–Crippen LogP) is 3.19. The van der Waals surface area contributed by atoms with Gasteiger partial charge in [-0.1, -0.05) is 20.8 Å². The molecule has 0 spiro atoms. The summed E-state index contributed by atoms with van der Waals surface area (Å²) in [5.41, 5.74) is 1.96. The van der Waals surface area contributed by atoms with Gasteiger partial charge < -0.3 is 10.0 Å². The van der Waals surface area contributed by atoms with Crippen molar-refractivity contribution >= 4 is 5.69 Å². The largest absolute Gasteiger partial charge is 0.392 e. The summed E-state index contributed by atoms with van der Waals surface area (Å²) in [4.78, 5) is 2.26. The van der Waals surface area contributed by atoms with Crippen molar-refractivity contribution in [2.24, 2.45) is 11.3 Å². The van der Waals surface area contributed by atoms with E-state index in [0.717, 1.165) is 25.2 Å². The third kappa shape index (κ3) is 2.66. The lowest BCUT2D eigenvalue weighted by molar-refractivity contribution is 0.263. The molecule has 3 heteroatoms. The van der Waals surface area contributed by atoms with Crippen molar-refractivity contribution in [3.63, 3.8) is 0 Å². The quantitative estimate of drug-likeness (QED) is 0.872. The lowest BCUT2D eigenvalue weighted by Gasteiger charge is -2.28. The fraction of sp³-hybridized carbons (Fsp3) is 0.600. The number of hydrogen-bond donors (Lipinski definition) is 1. The summed E-state index contributed by atoms with van der Waals surface area (Å²) >= 11 is 0. The molecule has 1 unspecified atom stereocenters. The number of anilines is 1. The van der Waals surface area contributed by atoms with Gasteiger partial charge in [-0.2, -0.15) is 0 Å². The van der Waals surface area contributed by atoms with Gasteiger partial charge in [0.15, 0.2) is 0 Å². The average Bonchev–Trinajstić information content (AvgIpc) is 2.77. The molecule has 1 heterocycles. The molecule has 1 aromatic rings. The van der Waals surface area contributed by atoms with Crippen LogP contribution in [0.3, 0.4) is 0 Å². The standard InChI is InChI=1S/C15H22FNO/c1-15(2,3)12-6-7-17(9-12)14-5-4-13(16)8-11(14)10-18/h4-5,8,12,18H,6-7,9-10H2,1-3H3. The minimum atomic E-state index is -0.283. The maximum absolute atomic E-state index is 13.2. The van der Waals surface area contributed by atoms with Crippen molar-refractivity contribution in [2.75, 3.05) is 18.0 Å². The maximum Gasteiger partial charge on any atom is 0.123 e. The van der Waals surface area contributed by atoms with Gasteiger partial charge in [0.05, 0.1) is 6.61 Å². The lowest BCUT2D eigenvalue weighted by atomic mass is 9.80. The van der Waals surface area contributed by atoms with E-state index in [1.54, 1.807) is 6.07 Å². The molecule has 1 aliphatic rings. The van der Waals surface area contributed by atoms with Crippen molar-refractivity contribution in [1.82, 2.24) is 0 Å². The first-order valence-corrected chi connectivity index (χ1v) is 6.56. The summed E-state index contributed by atoms with van der Waals surface area (Å²) in [6.45, 7) is 8.66. The van der Waals surface area contributed by atoms with Gasteiger partial charge in [0, 0.05) is 24.3 Å². The lowest BCUT2D eigenvalue weighted by Crippen LogP contribution is -2.26. The van der Waals surface area contributed by atoms with E-state index in [0.29, 0.717) is 16.9 Å². The van der Waals surface area contributed by atoms with Crippen molar-refractivity contribution < 1.29 is 9.50 Å². The van der Waals surface area contributed by atoms with E-state index in [1.807, 2.05) is 0 Å². The van der Waals surface area contributed by atoms with Gasteiger partial charge >= 0.3 is 0 Å². The first-order valence-electron chi connectivity index (χ1n) is 6.56. The van der Waals surface area contributed by atoms with Crippen LogP contribution < -0.4 is 4.90 Å². The zero-order chi connectivity index (χ0) is 13.3. The molecule has 0 bridgehead atoms. The number of nitrogens with zero attached hydrogens (tertiary/aromatic N) is 1. The van der Waals surface area contributed by atoms with Gasteiger partial charge in [-0.05, 0) is 36.0 Å². The van der Waals surface area contributed by atoms with Gasteiger partial charge in [-0.3, -0.25) is 0 Å². The molecule has 0 radical (unpaired) electrons. The van der Waals surface area contributed by atoms with Crippen LogP contribution in [0.4, 0.5) is 10.1 Å². The van der Waals surface area contributed by atoms with Crippen LogP contribution in [0.5, 0.6) is 0 Å². The molecule has 0 saturated carbocycles. The van der Waals surface area contributed by atoms with Crippen LogP contribution in [0.2, 0.25) is 0 Å². The van der Waals surface area contributed by atoms with Gasteiger partial charge in [0.25, 0.3) is 0 Å². The summed E-state index contributed by atoms with van der Waals surface area (Å²) in [5.74, 6) is 0.364. The van der Waals surface area contributed by atoms with E-state index in [9.17, 15) is 9.50 Å². The van der Waals surface area contributed by atoms with E-state index < -0.39 is 0 Å². The van der Waals surface area contributed by atoms with Crippen molar-refractivity contribution in [1.29, 1.82) is 0 Å². The topological polar surface area (TPSA) is 23.5 Å². The SMILES string of the molecule is CC(C)(C)C1CCN(c2ccc(F)cc2CO)C1. The number of hydrogen-bond acceptors (Lipinski definition) is 2. The van der Waals surface area contributed by atoms with Crippen molar-refractivity contribution in [2.45, 2.75) is 33.8 Å². The minimum absolute atomic E-state index is 0.107. The third-order valence-electron chi connectivity index (χ3n) is 3.97. The number of rotatable bonds is 2. The van der Waals surface area contributed by atoms with Crippen molar-refractivity contribution in [3.05, 3.63) is 29.6 Å². The first-order chi connectivity index (χ1) is 8.41. The van der Waals surface area contributed by atoms with Crippen LogP contribution in [0.25, 0.3) is 0 Å². The van der Waals surface area contributed by atoms with E-state index in [1.165, 1.54) is 12.1 Å². The molecule has 1 saturated heterocycles. The van der Waals surface area contributed by atoms with Gasteiger partial charge in [-0.25, -0.2) is 4.39 Å². The molecule has 18 heavy (non-hydrogen) atoms. The summed E-state index contributed by atoms with van der Waals surface area (Å²) in [7, 11) is 0. The molecule has 0 aromatic heterocycles. The molecule has 1 atom stereocenters. The number of aliphatic hydroxyl groups excluding tert-OH is 1. The molecule has 1 aliphatic heterocycles. The van der Waals surface area contributed by atoms with Crippen LogP contribution in [-0.4, -0.2) is 18.2 Å². The molecule has 2 rings (SSSR count). The summed E-state index contributed by atoms with van der Waals surface area (Å²) in [5, 5.41) is 9.34. The second-order valence-electron chi connectivity index (χ2n) is 6.23. The molecule has 0 aliphatic carbocycles. The number of halogens is 1. The zero-order valence-electron chi connectivity index (χ0n) is 11.4. The highest BCUT2D eigenvalue weighted by Crippen LogP contribution is 2.36. The van der Waals surface area contributed by atoms with E-state index in [2.05, 4.69) is 25.7 Å². The van der Waals surface area contributed by atoms with Crippen molar-refractivity contribution in [3.8, 4) is 0 Å². The molecule has 1 aromatic carbocycles. The Morgan fingerprint density at radius 2 is 2.11 bits per heavy atom. The zero-order valence-corrected chi connectivity index (χ0v) is 11.4. The highest BCUT2D eigenvalue weighted by atomic mass is 19.1. The second-order valence-corrected chi connectivity index (χ2v) is 6.23. The highest BCUT2D eigenvalue weighted by Gasteiger charge is 2.32. The second kappa shape index (κ2) is 4.88. The Balaban J connectivity index is 2.19. The Kier molecular flexibility index (Phi) is 3.62. The van der Waals surface area contributed by atoms with Gasteiger partial charge in [0.1, 0.15) is 5.82 Å². The fourth-order valence-corrected chi connectivity index (χ4v) is 2.68. The van der Waals surface area contributed by atoms with E-state index in [4.69, 9.17) is 0 Å². The maximum atomic E-state index is 13.2. The third-order valence-corrected chi connectivity index (χ3v) is 3.97. The highest BCUT2D eigenvalue weighted by molar-refractivity contribution is 5.54. The molecular formula is C15H22FNO. The molecular weight excluding hydrogens is 229 g/mol.